The van der Waals surface area contributed by atoms with E-state index in [2.05, 4.69) is 20.8 Å². The third-order valence-electron chi connectivity index (χ3n) is 5.41. The molecule has 1 spiro atoms. The summed E-state index contributed by atoms with van der Waals surface area (Å²) in [4.78, 5) is 40.2. The molecule has 2 aromatic carbocycles. The summed E-state index contributed by atoms with van der Waals surface area (Å²) in [5, 5.41) is 12.3. The average Bonchev–Trinajstić information content (AvgIpc) is 3.27. The van der Waals surface area contributed by atoms with E-state index in [1.165, 1.54) is 4.90 Å². The lowest BCUT2D eigenvalue weighted by Crippen LogP contribution is -2.48. The van der Waals surface area contributed by atoms with Gasteiger partial charge in [-0.3, -0.25) is 19.5 Å². The highest BCUT2D eigenvalue weighted by atomic mass is 16.2. The zero-order valence-corrected chi connectivity index (χ0v) is 15.3. The van der Waals surface area contributed by atoms with E-state index in [1.54, 1.807) is 24.4 Å². The lowest BCUT2D eigenvalue weighted by atomic mass is 9.72. The van der Waals surface area contributed by atoms with E-state index in [0.29, 0.717) is 28.3 Å². The van der Waals surface area contributed by atoms with Crippen LogP contribution >= 0.6 is 0 Å². The summed E-state index contributed by atoms with van der Waals surface area (Å²) in [6.45, 7) is -0.151. The zero-order valence-electron chi connectivity index (χ0n) is 15.3. The monoisotopic (exact) mass is 387 g/mol. The largest absolute Gasteiger partial charge is 0.325 e. The topological polar surface area (TPSA) is 107 Å². The van der Waals surface area contributed by atoms with Gasteiger partial charge < -0.3 is 15.5 Å². The molecule has 8 nitrogen and oxygen atoms in total. The van der Waals surface area contributed by atoms with Crippen molar-refractivity contribution in [2.75, 3.05) is 22.1 Å². The highest BCUT2D eigenvalue weighted by Gasteiger charge is 2.56. The van der Waals surface area contributed by atoms with Gasteiger partial charge in [0.1, 0.15) is 17.8 Å². The van der Waals surface area contributed by atoms with E-state index >= 15 is 0 Å². The van der Waals surface area contributed by atoms with E-state index in [4.69, 9.17) is 0 Å². The number of amides is 3. The minimum absolute atomic E-state index is 0.0355. The van der Waals surface area contributed by atoms with Crippen molar-refractivity contribution < 1.29 is 14.4 Å². The van der Waals surface area contributed by atoms with Crippen LogP contribution in [0.3, 0.4) is 0 Å². The smallest absolute Gasteiger partial charge is 0.244 e. The Balaban J connectivity index is 1.54. The minimum Gasteiger partial charge on any atom is -0.325 e. The lowest BCUT2D eigenvalue weighted by Gasteiger charge is -2.31. The molecule has 144 valence electrons. The molecule has 0 aliphatic carbocycles. The number of H-pyrrole nitrogens is 1. The molecular formula is C21H17N5O3. The van der Waals surface area contributed by atoms with E-state index in [9.17, 15) is 14.4 Å². The van der Waals surface area contributed by atoms with Gasteiger partial charge in [-0.2, -0.15) is 5.10 Å². The molecule has 3 amide bonds. The standard InChI is InChI=1S/C21H17N5O3/c27-17-10-21(15-11-22-25-19(15)24-17)14-8-4-5-9-16(14)26(20(21)29)12-18(28)23-13-6-2-1-3-7-13/h1-9,11H,10,12H2,(H,23,28)(H2,22,24,25,27)/t21-/m1/s1. The van der Waals surface area contributed by atoms with Crippen LogP contribution < -0.4 is 15.5 Å². The Kier molecular flexibility index (Phi) is 3.73. The summed E-state index contributed by atoms with van der Waals surface area (Å²) in [6.07, 6.45) is 1.53. The molecule has 29 heavy (non-hydrogen) atoms. The Labute approximate surface area is 165 Å². The Morgan fingerprint density at radius 1 is 1.07 bits per heavy atom. The van der Waals surface area contributed by atoms with Crippen molar-refractivity contribution in [1.82, 2.24) is 10.2 Å². The van der Waals surface area contributed by atoms with Gasteiger partial charge in [0.2, 0.25) is 17.7 Å². The molecule has 1 atom stereocenters. The van der Waals surface area contributed by atoms with E-state index in [1.807, 2.05) is 36.4 Å². The quantitative estimate of drug-likeness (QED) is 0.639. The molecule has 3 N–H and O–H groups in total. The second-order valence-electron chi connectivity index (χ2n) is 7.11. The summed E-state index contributed by atoms with van der Waals surface area (Å²) in [6, 6.07) is 16.3. The van der Waals surface area contributed by atoms with Gasteiger partial charge in [-0.05, 0) is 23.8 Å². The maximum Gasteiger partial charge on any atom is 0.244 e. The third kappa shape index (κ3) is 2.53. The summed E-state index contributed by atoms with van der Waals surface area (Å²) < 4.78 is 0. The molecule has 2 aliphatic heterocycles. The van der Waals surface area contributed by atoms with Crippen LogP contribution in [0.4, 0.5) is 17.2 Å². The molecule has 0 saturated heterocycles. The number of carbonyl (C=O) groups is 3. The van der Waals surface area contributed by atoms with Crippen LogP contribution in [0.25, 0.3) is 0 Å². The molecule has 0 bridgehead atoms. The Morgan fingerprint density at radius 2 is 1.83 bits per heavy atom. The molecule has 0 fully saturated rings. The predicted octanol–water partition coefficient (Wildman–Crippen LogP) is 2.02. The van der Waals surface area contributed by atoms with Crippen molar-refractivity contribution >= 4 is 34.9 Å². The van der Waals surface area contributed by atoms with Gasteiger partial charge in [0.05, 0.1) is 6.20 Å². The van der Waals surface area contributed by atoms with Crippen molar-refractivity contribution in [3.63, 3.8) is 0 Å². The number of aromatic nitrogens is 2. The summed E-state index contributed by atoms with van der Waals surface area (Å²) in [5.41, 5.74) is 1.41. The van der Waals surface area contributed by atoms with Gasteiger partial charge in [-0.25, -0.2) is 0 Å². The second kappa shape index (κ2) is 6.30. The zero-order chi connectivity index (χ0) is 20.0. The molecule has 0 radical (unpaired) electrons. The Bertz CT molecular complexity index is 1140. The van der Waals surface area contributed by atoms with E-state index in [-0.39, 0.29) is 30.7 Å². The Morgan fingerprint density at radius 3 is 2.66 bits per heavy atom. The summed E-state index contributed by atoms with van der Waals surface area (Å²) in [7, 11) is 0. The molecule has 0 unspecified atom stereocenters. The fraction of sp³-hybridized carbons (Fsp3) is 0.143. The van der Waals surface area contributed by atoms with Crippen molar-refractivity contribution in [1.29, 1.82) is 0 Å². The molecule has 1 aromatic heterocycles. The van der Waals surface area contributed by atoms with Gasteiger partial charge in [-0.15, -0.1) is 0 Å². The maximum absolute atomic E-state index is 13.7. The van der Waals surface area contributed by atoms with Crippen molar-refractivity contribution in [3.8, 4) is 0 Å². The highest BCUT2D eigenvalue weighted by Crippen LogP contribution is 2.51. The van der Waals surface area contributed by atoms with Gasteiger partial charge in [-0.1, -0.05) is 36.4 Å². The van der Waals surface area contributed by atoms with Crippen molar-refractivity contribution in [2.45, 2.75) is 11.8 Å². The highest BCUT2D eigenvalue weighted by molar-refractivity contribution is 6.17. The summed E-state index contributed by atoms with van der Waals surface area (Å²) >= 11 is 0. The minimum atomic E-state index is -1.19. The van der Waals surface area contributed by atoms with Crippen molar-refractivity contribution in [3.05, 3.63) is 71.9 Å². The van der Waals surface area contributed by atoms with Crippen LogP contribution in [0, 0.1) is 0 Å². The first kappa shape index (κ1) is 17.2. The second-order valence-corrected chi connectivity index (χ2v) is 7.11. The van der Waals surface area contributed by atoms with Crippen LogP contribution in [0.5, 0.6) is 0 Å². The first-order valence-corrected chi connectivity index (χ1v) is 9.19. The van der Waals surface area contributed by atoms with E-state index < -0.39 is 5.41 Å². The molecule has 3 heterocycles. The van der Waals surface area contributed by atoms with Gasteiger partial charge in [0, 0.05) is 23.4 Å². The fourth-order valence-corrected chi connectivity index (χ4v) is 4.20. The van der Waals surface area contributed by atoms with Crippen LogP contribution in [-0.2, 0) is 19.8 Å². The maximum atomic E-state index is 13.7. The Hall–Kier alpha value is -3.94. The number of nitrogens with zero attached hydrogens (tertiary/aromatic N) is 2. The normalized spacial score (nSPS) is 19.7. The van der Waals surface area contributed by atoms with Crippen LogP contribution in [0.1, 0.15) is 17.5 Å². The van der Waals surface area contributed by atoms with Gasteiger partial charge in [0.15, 0.2) is 0 Å². The molecule has 0 saturated carbocycles. The van der Waals surface area contributed by atoms with Gasteiger partial charge >= 0.3 is 0 Å². The number of para-hydroxylation sites is 2. The number of anilines is 3. The number of benzene rings is 2. The first-order valence-electron chi connectivity index (χ1n) is 9.19. The number of nitrogens with one attached hydrogen (secondary N) is 3. The summed E-state index contributed by atoms with van der Waals surface area (Å²) in [5.74, 6) is -0.482. The van der Waals surface area contributed by atoms with Crippen LogP contribution in [0.15, 0.2) is 60.8 Å². The molecule has 5 rings (SSSR count). The third-order valence-corrected chi connectivity index (χ3v) is 5.41. The van der Waals surface area contributed by atoms with Crippen LogP contribution in [-0.4, -0.2) is 34.5 Å². The molecule has 8 heteroatoms. The molecule has 3 aromatic rings. The average molecular weight is 387 g/mol. The predicted molar refractivity (Wildman–Crippen MR) is 106 cm³/mol. The SMILES string of the molecule is O=C(CN1C(=O)[C@]2(CC(=O)Nc3[nH]ncc32)c2ccccc21)Nc1ccccc1. The fourth-order valence-electron chi connectivity index (χ4n) is 4.20. The van der Waals surface area contributed by atoms with Crippen molar-refractivity contribution in [2.24, 2.45) is 0 Å². The lowest BCUT2D eigenvalue weighted by molar-refractivity contribution is -0.127. The number of carbonyl (C=O) groups excluding carboxylic acids is 3. The number of rotatable bonds is 3. The van der Waals surface area contributed by atoms with Crippen LogP contribution in [0.2, 0.25) is 0 Å². The number of aromatic amines is 1. The first-order chi connectivity index (χ1) is 14.1. The van der Waals surface area contributed by atoms with Gasteiger partial charge in [0.25, 0.3) is 0 Å². The molecular weight excluding hydrogens is 370 g/mol. The number of fused-ring (bicyclic) bond motifs is 4. The number of hydrogen-bond acceptors (Lipinski definition) is 4. The molecule has 2 aliphatic rings. The number of hydrogen-bond donors (Lipinski definition) is 3. The van der Waals surface area contributed by atoms with E-state index in [0.717, 1.165) is 0 Å².